The van der Waals surface area contributed by atoms with Gasteiger partial charge in [-0.15, -0.1) is 0 Å². The number of imide groups is 1. The Bertz CT molecular complexity index is 1400. The van der Waals surface area contributed by atoms with Crippen LogP contribution in [-0.2, 0) is 9.59 Å². The molecule has 2 aliphatic rings. The number of nitro benzene ring substituents is 1. The molecule has 2 amide bonds. The third-order valence-corrected chi connectivity index (χ3v) is 7.02. The SMILES string of the molecule is O=C1C2C(c3cccc([N+](=O)[O-])c3)=NN(c3ccc(Br)cc3Br)C2C(=O)N1c1ccc(Cl)cc1. The minimum Gasteiger partial charge on any atom is -0.273 e. The van der Waals surface area contributed by atoms with E-state index in [1.807, 2.05) is 6.07 Å². The fourth-order valence-corrected chi connectivity index (χ4v) is 5.50. The Morgan fingerprint density at radius 1 is 0.971 bits per heavy atom. The van der Waals surface area contributed by atoms with Gasteiger partial charge in [0.25, 0.3) is 11.6 Å². The van der Waals surface area contributed by atoms with E-state index in [1.54, 1.807) is 42.5 Å². The van der Waals surface area contributed by atoms with Gasteiger partial charge >= 0.3 is 0 Å². The predicted molar refractivity (Wildman–Crippen MR) is 135 cm³/mol. The zero-order valence-electron chi connectivity index (χ0n) is 17.1. The Labute approximate surface area is 215 Å². The zero-order chi connectivity index (χ0) is 24.1. The lowest BCUT2D eigenvalue weighted by molar-refractivity contribution is -0.384. The first-order valence-corrected chi connectivity index (χ1v) is 11.9. The summed E-state index contributed by atoms with van der Waals surface area (Å²) >= 11 is 12.9. The monoisotopic (exact) mass is 602 g/mol. The highest BCUT2D eigenvalue weighted by molar-refractivity contribution is 9.11. The fourth-order valence-electron chi connectivity index (χ4n) is 4.14. The van der Waals surface area contributed by atoms with Crippen LogP contribution in [0.4, 0.5) is 17.1 Å². The number of nitro groups is 1. The molecule has 2 aliphatic heterocycles. The van der Waals surface area contributed by atoms with Gasteiger partial charge in [0, 0.05) is 31.7 Å². The van der Waals surface area contributed by atoms with Crippen LogP contribution in [0.3, 0.4) is 0 Å². The molecule has 34 heavy (non-hydrogen) atoms. The van der Waals surface area contributed by atoms with E-state index >= 15 is 0 Å². The molecule has 0 spiro atoms. The second kappa shape index (κ2) is 8.61. The maximum atomic E-state index is 13.6. The summed E-state index contributed by atoms with van der Waals surface area (Å²) in [5, 5.41) is 18.0. The van der Waals surface area contributed by atoms with Crippen molar-refractivity contribution in [2.75, 3.05) is 9.91 Å². The molecule has 0 N–H and O–H groups in total. The minimum absolute atomic E-state index is 0.133. The normalized spacial score (nSPS) is 19.4. The first-order chi connectivity index (χ1) is 16.3. The number of amides is 2. The number of rotatable bonds is 4. The molecule has 170 valence electrons. The van der Waals surface area contributed by atoms with E-state index in [-0.39, 0.29) is 5.69 Å². The Kier molecular flexibility index (Phi) is 5.75. The zero-order valence-corrected chi connectivity index (χ0v) is 21.0. The molecule has 5 rings (SSSR count). The number of carbonyl (C=O) groups excluding carboxylic acids is 2. The third kappa shape index (κ3) is 3.71. The van der Waals surface area contributed by atoms with Crippen molar-refractivity contribution in [3.63, 3.8) is 0 Å². The number of benzene rings is 3. The molecule has 11 heteroatoms. The van der Waals surface area contributed by atoms with Crippen molar-refractivity contribution in [3.05, 3.63) is 96.4 Å². The average Bonchev–Trinajstić information content (AvgIpc) is 3.31. The van der Waals surface area contributed by atoms with E-state index in [0.29, 0.717) is 32.1 Å². The van der Waals surface area contributed by atoms with Crippen molar-refractivity contribution in [3.8, 4) is 0 Å². The van der Waals surface area contributed by atoms with E-state index in [1.165, 1.54) is 23.2 Å². The summed E-state index contributed by atoms with van der Waals surface area (Å²) in [5.74, 6) is -1.85. The largest absolute Gasteiger partial charge is 0.273 e. The van der Waals surface area contributed by atoms with Gasteiger partial charge in [-0.1, -0.05) is 39.7 Å². The molecule has 0 aliphatic carbocycles. The molecule has 3 aromatic carbocycles. The lowest BCUT2D eigenvalue weighted by atomic mass is 9.92. The summed E-state index contributed by atoms with van der Waals surface area (Å²) in [4.78, 5) is 39.2. The lowest BCUT2D eigenvalue weighted by Gasteiger charge is -2.23. The highest BCUT2D eigenvalue weighted by atomic mass is 79.9. The fraction of sp³-hybridized carbons (Fsp3) is 0.0870. The number of non-ortho nitro benzene ring substituents is 1. The van der Waals surface area contributed by atoms with Crippen LogP contribution in [0.15, 0.2) is 80.8 Å². The molecule has 1 saturated heterocycles. The van der Waals surface area contributed by atoms with Crippen molar-refractivity contribution in [1.29, 1.82) is 0 Å². The highest BCUT2D eigenvalue weighted by Gasteiger charge is 2.57. The van der Waals surface area contributed by atoms with Gasteiger partial charge in [-0.05, 0) is 58.4 Å². The average molecular weight is 605 g/mol. The summed E-state index contributed by atoms with van der Waals surface area (Å²) in [6.45, 7) is 0. The number of halogens is 3. The topological polar surface area (TPSA) is 96.1 Å². The number of hydrogen-bond donors (Lipinski definition) is 0. The molecule has 2 atom stereocenters. The summed E-state index contributed by atoms with van der Waals surface area (Å²) in [6, 6.07) is 16.7. The Balaban J connectivity index is 1.66. The van der Waals surface area contributed by atoms with Gasteiger partial charge in [-0.2, -0.15) is 5.10 Å². The number of anilines is 2. The van der Waals surface area contributed by atoms with Gasteiger partial charge in [0.2, 0.25) is 5.91 Å². The van der Waals surface area contributed by atoms with Crippen LogP contribution in [0.25, 0.3) is 0 Å². The molecule has 8 nitrogen and oxygen atoms in total. The molecular weight excluding hydrogens is 592 g/mol. The molecule has 0 radical (unpaired) electrons. The van der Waals surface area contributed by atoms with Crippen molar-refractivity contribution in [2.24, 2.45) is 11.0 Å². The Morgan fingerprint density at radius 2 is 1.71 bits per heavy atom. The van der Waals surface area contributed by atoms with Gasteiger partial charge in [0.05, 0.1) is 22.0 Å². The van der Waals surface area contributed by atoms with Gasteiger partial charge in [0.1, 0.15) is 12.0 Å². The van der Waals surface area contributed by atoms with Crippen LogP contribution in [0.1, 0.15) is 5.56 Å². The number of nitrogens with zero attached hydrogens (tertiary/aromatic N) is 4. The third-order valence-electron chi connectivity index (χ3n) is 5.64. The van der Waals surface area contributed by atoms with Crippen LogP contribution in [0.2, 0.25) is 5.02 Å². The smallest absolute Gasteiger partial charge is 0.270 e. The van der Waals surface area contributed by atoms with Crippen molar-refractivity contribution in [2.45, 2.75) is 6.04 Å². The van der Waals surface area contributed by atoms with Gasteiger partial charge < -0.3 is 0 Å². The molecule has 1 fully saturated rings. The summed E-state index contributed by atoms with van der Waals surface area (Å²) in [7, 11) is 0. The maximum Gasteiger partial charge on any atom is 0.270 e. The molecular formula is C23H13Br2ClN4O4. The molecule has 2 heterocycles. The van der Waals surface area contributed by atoms with Crippen molar-refractivity contribution < 1.29 is 14.5 Å². The lowest BCUT2D eigenvalue weighted by Crippen LogP contribution is -2.39. The first-order valence-electron chi connectivity index (χ1n) is 9.97. The van der Waals surface area contributed by atoms with Crippen LogP contribution in [0, 0.1) is 16.0 Å². The van der Waals surface area contributed by atoms with Crippen molar-refractivity contribution in [1.82, 2.24) is 0 Å². The second-order valence-corrected chi connectivity index (χ2v) is 9.85. The number of hydrazone groups is 1. The summed E-state index contributed by atoms with van der Waals surface area (Å²) in [5.41, 5.74) is 1.53. The summed E-state index contributed by atoms with van der Waals surface area (Å²) in [6.07, 6.45) is 0. The van der Waals surface area contributed by atoms with E-state index in [2.05, 4.69) is 37.0 Å². The van der Waals surface area contributed by atoms with Gasteiger partial charge in [0.15, 0.2) is 0 Å². The van der Waals surface area contributed by atoms with E-state index < -0.39 is 28.7 Å². The second-order valence-electron chi connectivity index (χ2n) is 7.64. The van der Waals surface area contributed by atoms with E-state index in [9.17, 15) is 19.7 Å². The van der Waals surface area contributed by atoms with Gasteiger partial charge in [-0.25, -0.2) is 4.90 Å². The quantitative estimate of drug-likeness (QED) is 0.221. The van der Waals surface area contributed by atoms with Gasteiger partial charge in [-0.3, -0.25) is 24.7 Å². The molecule has 2 unspecified atom stereocenters. The van der Waals surface area contributed by atoms with Crippen LogP contribution >= 0.6 is 43.5 Å². The Hall–Kier alpha value is -3.08. The van der Waals surface area contributed by atoms with Crippen LogP contribution < -0.4 is 9.91 Å². The van der Waals surface area contributed by atoms with E-state index in [0.717, 1.165) is 9.37 Å². The predicted octanol–water partition coefficient (Wildman–Crippen LogP) is 5.56. The Morgan fingerprint density at radius 3 is 2.38 bits per heavy atom. The van der Waals surface area contributed by atoms with Crippen molar-refractivity contribution >= 4 is 78.0 Å². The van der Waals surface area contributed by atoms with Crippen LogP contribution in [-0.4, -0.2) is 28.5 Å². The molecule has 3 aromatic rings. The standard InChI is InChI=1S/C23H13Br2ClN4O4/c24-13-4-9-18(17(25)11-13)29-21-19(20(27-29)12-2-1-3-16(10-12)30(33)34)22(31)28(23(21)32)15-7-5-14(26)6-8-15/h1-11,19,21H. The minimum atomic E-state index is -0.949. The molecule has 0 bridgehead atoms. The number of fused-ring (bicyclic) bond motifs is 1. The number of hydrogen-bond acceptors (Lipinski definition) is 6. The summed E-state index contributed by atoms with van der Waals surface area (Å²) < 4.78 is 1.48. The first kappa shape index (κ1) is 22.7. The van der Waals surface area contributed by atoms with E-state index in [4.69, 9.17) is 11.6 Å². The molecule has 0 aromatic heterocycles. The highest BCUT2D eigenvalue weighted by Crippen LogP contribution is 2.42. The maximum absolute atomic E-state index is 13.6. The van der Waals surface area contributed by atoms with Crippen LogP contribution in [0.5, 0.6) is 0 Å². The number of carbonyl (C=O) groups is 2. The molecule has 0 saturated carbocycles.